The van der Waals surface area contributed by atoms with Crippen molar-refractivity contribution in [3.05, 3.63) is 28.8 Å². The number of benzene rings is 1. The monoisotopic (exact) mass is 304 g/mol. The van der Waals surface area contributed by atoms with Crippen LogP contribution in [0.1, 0.15) is 29.5 Å². The summed E-state index contributed by atoms with van der Waals surface area (Å²) in [5, 5.41) is 5.54. The van der Waals surface area contributed by atoms with Crippen LogP contribution < -0.4 is 15.4 Å². The first-order chi connectivity index (χ1) is 10.5. The second kappa shape index (κ2) is 7.29. The number of ether oxygens (including phenoxy) is 1. The number of amides is 2. The van der Waals surface area contributed by atoms with E-state index in [4.69, 9.17) is 4.74 Å². The SMILES string of the molecule is Cc1cc(C)c(OCC(=O)NCCNC(=O)C2CC2)c(C)c1. The summed E-state index contributed by atoms with van der Waals surface area (Å²) in [6, 6.07) is 4.07. The van der Waals surface area contributed by atoms with Crippen LogP contribution in [0.2, 0.25) is 0 Å². The first-order valence-electron chi connectivity index (χ1n) is 7.72. The molecule has 120 valence electrons. The number of hydrogen-bond acceptors (Lipinski definition) is 3. The van der Waals surface area contributed by atoms with Crippen molar-refractivity contribution in [2.45, 2.75) is 33.6 Å². The van der Waals surface area contributed by atoms with E-state index in [1.165, 1.54) is 5.56 Å². The highest BCUT2D eigenvalue weighted by Crippen LogP contribution is 2.28. The zero-order valence-electron chi connectivity index (χ0n) is 13.5. The van der Waals surface area contributed by atoms with Crippen LogP contribution in [0.15, 0.2) is 12.1 Å². The second-order valence-corrected chi connectivity index (χ2v) is 5.93. The molecular formula is C17H24N2O3. The van der Waals surface area contributed by atoms with Crippen molar-refractivity contribution in [2.24, 2.45) is 5.92 Å². The van der Waals surface area contributed by atoms with Gasteiger partial charge in [0.25, 0.3) is 5.91 Å². The molecule has 5 heteroatoms. The van der Waals surface area contributed by atoms with Gasteiger partial charge in [0.15, 0.2) is 6.61 Å². The minimum Gasteiger partial charge on any atom is -0.483 e. The molecule has 2 N–H and O–H groups in total. The van der Waals surface area contributed by atoms with Gasteiger partial charge in [-0.2, -0.15) is 0 Å². The molecule has 0 aromatic heterocycles. The molecule has 0 spiro atoms. The van der Waals surface area contributed by atoms with Gasteiger partial charge in [0.05, 0.1) is 0 Å². The number of nitrogens with one attached hydrogen (secondary N) is 2. The van der Waals surface area contributed by atoms with E-state index in [0.29, 0.717) is 13.1 Å². The van der Waals surface area contributed by atoms with Crippen molar-refractivity contribution < 1.29 is 14.3 Å². The molecule has 0 heterocycles. The summed E-state index contributed by atoms with van der Waals surface area (Å²) in [5.74, 6) is 0.880. The standard InChI is InChI=1S/C17H24N2O3/c1-11-8-12(2)16(13(3)9-11)22-10-15(20)18-6-7-19-17(21)14-4-5-14/h8-9,14H,4-7,10H2,1-3H3,(H,18,20)(H,19,21). The number of carbonyl (C=O) groups excluding carboxylic acids is 2. The van der Waals surface area contributed by atoms with Gasteiger partial charge in [-0.3, -0.25) is 9.59 Å². The van der Waals surface area contributed by atoms with Gasteiger partial charge < -0.3 is 15.4 Å². The fraction of sp³-hybridized carbons (Fsp3) is 0.529. The lowest BCUT2D eigenvalue weighted by atomic mass is 10.1. The Kier molecular flexibility index (Phi) is 5.41. The summed E-state index contributed by atoms with van der Waals surface area (Å²) in [5.41, 5.74) is 3.24. The summed E-state index contributed by atoms with van der Waals surface area (Å²) < 4.78 is 5.61. The molecule has 1 fully saturated rings. The quantitative estimate of drug-likeness (QED) is 0.752. The lowest BCUT2D eigenvalue weighted by molar-refractivity contribution is -0.124. The highest BCUT2D eigenvalue weighted by molar-refractivity contribution is 5.81. The molecular weight excluding hydrogens is 280 g/mol. The Labute approximate surface area is 131 Å². The van der Waals surface area contributed by atoms with E-state index in [-0.39, 0.29) is 24.3 Å². The van der Waals surface area contributed by atoms with Gasteiger partial charge in [-0.25, -0.2) is 0 Å². The van der Waals surface area contributed by atoms with E-state index < -0.39 is 0 Å². The Morgan fingerprint density at radius 1 is 1.09 bits per heavy atom. The maximum atomic E-state index is 11.7. The molecule has 2 amide bonds. The van der Waals surface area contributed by atoms with Crippen LogP contribution in [0, 0.1) is 26.7 Å². The minimum atomic E-state index is -0.181. The molecule has 0 bridgehead atoms. The van der Waals surface area contributed by atoms with E-state index in [0.717, 1.165) is 29.7 Å². The van der Waals surface area contributed by atoms with Crippen LogP contribution in [0.4, 0.5) is 0 Å². The van der Waals surface area contributed by atoms with Gasteiger partial charge in [-0.15, -0.1) is 0 Å². The molecule has 1 aliphatic rings. The molecule has 0 aliphatic heterocycles. The van der Waals surface area contributed by atoms with Crippen LogP contribution in [-0.4, -0.2) is 31.5 Å². The molecule has 1 aliphatic carbocycles. The molecule has 2 rings (SSSR count). The average Bonchev–Trinajstić information content (AvgIpc) is 3.26. The molecule has 22 heavy (non-hydrogen) atoms. The number of carbonyl (C=O) groups is 2. The molecule has 0 radical (unpaired) electrons. The van der Waals surface area contributed by atoms with Crippen LogP contribution in [0.25, 0.3) is 0 Å². The lowest BCUT2D eigenvalue weighted by Gasteiger charge is -2.13. The second-order valence-electron chi connectivity index (χ2n) is 5.93. The first-order valence-corrected chi connectivity index (χ1v) is 7.72. The molecule has 0 atom stereocenters. The largest absolute Gasteiger partial charge is 0.483 e. The first kappa shape index (κ1) is 16.3. The van der Waals surface area contributed by atoms with Crippen molar-refractivity contribution in [3.8, 4) is 5.75 Å². The highest BCUT2D eigenvalue weighted by Gasteiger charge is 2.28. The van der Waals surface area contributed by atoms with Gasteiger partial charge in [0.1, 0.15) is 5.75 Å². The summed E-state index contributed by atoms with van der Waals surface area (Å²) in [6.45, 7) is 6.85. The van der Waals surface area contributed by atoms with Crippen molar-refractivity contribution in [1.82, 2.24) is 10.6 Å². The Bertz CT molecular complexity index is 542. The molecule has 5 nitrogen and oxygen atoms in total. The summed E-state index contributed by atoms with van der Waals surface area (Å²) >= 11 is 0. The van der Waals surface area contributed by atoms with Crippen LogP contribution >= 0.6 is 0 Å². The number of rotatable bonds is 7. The Balaban J connectivity index is 1.68. The summed E-state index contributed by atoms with van der Waals surface area (Å²) in [6.07, 6.45) is 1.97. The smallest absolute Gasteiger partial charge is 0.258 e. The Hall–Kier alpha value is -2.04. The van der Waals surface area contributed by atoms with Gasteiger partial charge in [-0.1, -0.05) is 17.7 Å². The van der Waals surface area contributed by atoms with Gasteiger partial charge in [0, 0.05) is 19.0 Å². The third-order valence-corrected chi connectivity index (χ3v) is 3.65. The predicted molar refractivity (Wildman–Crippen MR) is 84.9 cm³/mol. The van der Waals surface area contributed by atoms with Crippen molar-refractivity contribution >= 4 is 11.8 Å². The minimum absolute atomic E-state index is 0.0126. The third-order valence-electron chi connectivity index (χ3n) is 3.65. The van der Waals surface area contributed by atoms with Crippen LogP contribution in [0.5, 0.6) is 5.75 Å². The Morgan fingerprint density at radius 3 is 2.27 bits per heavy atom. The molecule has 1 saturated carbocycles. The van der Waals surface area contributed by atoms with Crippen LogP contribution in [-0.2, 0) is 9.59 Å². The van der Waals surface area contributed by atoms with E-state index in [1.807, 2.05) is 32.9 Å². The molecule has 0 unspecified atom stereocenters. The molecule has 0 saturated heterocycles. The van der Waals surface area contributed by atoms with Gasteiger partial charge >= 0.3 is 0 Å². The van der Waals surface area contributed by atoms with E-state index in [1.54, 1.807) is 0 Å². The van der Waals surface area contributed by atoms with Crippen LogP contribution in [0.3, 0.4) is 0 Å². The third kappa shape index (κ3) is 4.76. The normalized spacial score (nSPS) is 13.6. The van der Waals surface area contributed by atoms with Gasteiger partial charge in [0.2, 0.25) is 5.91 Å². The predicted octanol–water partition coefficient (Wildman–Crippen LogP) is 1.63. The maximum Gasteiger partial charge on any atom is 0.258 e. The summed E-state index contributed by atoms with van der Waals surface area (Å²) in [4.78, 5) is 23.2. The zero-order valence-corrected chi connectivity index (χ0v) is 13.5. The topological polar surface area (TPSA) is 67.4 Å². The van der Waals surface area contributed by atoms with E-state index in [9.17, 15) is 9.59 Å². The van der Waals surface area contributed by atoms with Crippen molar-refractivity contribution in [3.63, 3.8) is 0 Å². The maximum absolute atomic E-state index is 11.7. The Morgan fingerprint density at radius 2 is 1.68 bits per heavy atom. The van der Waals surface area contributed by atoms with E-state index in [2.05, 4.69) is 10.6 Å². The fourth-order valence-electron chi connectivity index (χ4n) is 2.46. The van der Waals surface area contributed by atoms with E-state index >= 15 is 0 Å². The number of aryl methyl sites for hydroxylation is 3. The summed E-state index contributed by atoms with van der Waals surface area (Å²) in [7, 11) is 0. The molecule has 1 aromatic carbocycles. The van der Waals surface area contributed by atoms with Crippen molar-refractivity contribution in [1.29, 1.82) is 0 Å². The highest BCUT2D eigenvalue weighted by atomic mass is 16.5. The fourth-order valence-corrected chi connectivity index (χ4v) is 2.46. The van der Waals surface area contributed by atoms with Crippen molar-refractivity contribution in [2.75, 3.05) is 19.7 Å². The average molecular weight is 304 g/mol. The molecule has 1 aromatic rings. The zero-order chi connectivity index (χ0) is 16.1. The van der Waals surface area contributed by atoms with Gasteiger partial charge in [-0.05, 0) is 44.7 Å². The number of hydrogen-bond donors (Lipinski definition) is 2. The lowest BCUT2D eigenvalue weighted by Crippen LogP contribution is -2.37.